The Morgan fingerprint density at radius 2 is 2.06 bits per heavy atom. The van der Waals surface area contributed by atoms with E-state index in [0.717, 1.165) is 17.9 Å². The lowest BCUT2D eigenvalue weighted by molar-refractivity contribution is 0.484. The van der Waals surface area contributed by atoms with Crippen molar-refractivity contribution in [2.45, 2.75) is 20.4 Å². The van der Waals surface area contributed by atoms with Gasteiger partial charge < -0.3 is 5.73 Å². The molecular weight excluding hydrogens is 202 g/mol. The zero-order chi connectivity index (χ0) is 11.7. The van der Waals surface area contributed by atoms with Crippen molar-refractivity contribution in [3.05, 3.63) is 18.3 Å². The fourth-order valence-electron chi connectivity index (χ4n) is 1.58. The van der Waals surface area contributed by atoms with Gasteiger partial charge in [0.15, 0.2) is 0 Å². The van der Waals surface area contributed by atoms with Gasteiger partial charge in [-0.25, -0.2) is 0 Å². The zero-order valence-electron chi connectivity index (χ0n) is 9.88. The molecule has 2 N–H and O–H groups in total. The van der Waals surface area contributed by atoms with Crippen molar-refractivity contribution in [2.75, 3.05) is 5.73 Å². The van der Waals surface area contributed by atoms with E-state index in [0.29, 0.717) is 11.7 Å². The van der Waals surface area contributed by atoms with Gasteiger partial charge in [-0.1, -0.05) is 13.8 Å². The second-order valence-electron chi connectivity index (χ2n) is 4.39. The summed E-state index contributed by atoms with van der Waals surface area (Å²) in [6, 6.07) is 3.80. The van der Waals surface area contributed by atoms with E-state index in [1.165, 1.54) is 0 Å². The molecule has 0 aliphatic rings. The Kier molecular flexibility index (Phi) is 2.68. The van der Waals surface area contributed by atoms with Crippen molar-refractivity contribution < 1.29 is 0 Å². The topological polar surface area (TPSA) is 61.7 Å². The lowest BCUT2D eigenvalue weighted by atomic mass is 10.2. The molecule has 86 valence electrons. The van der Waals surface area contributed by atoms with E-state index in [1.54, 1.807) is 4.68 Å². The van der Waals surface area contributed by atoms with Crippen LogP contribution in [0.1, 0.15) is 13.8 Å². The van der Waals surface area contributed by atoms with E-state index < -0.39 is 0 Å². The molecule has 16 heavy (non-hydrogen) atoms. The zero-order valence-corrected chi connectivity index (χ0v) is 9.88. The van der Waals surface area contributed by atoms with Gasteiger partial charge in [0.25, 0.3) is 0 Å². The normalized spacial score (nSPS) is 11.2. The average molecular weight is 219 g/mol. The highest BCUT2D eigenvalue weighted by molar-refractivity contribution is 5.57. The third-order valence-electron chi connectivity index (χ3n) is 2.37. The molecule has 0 bridgehead atoms. The summed E-state index contributed by atoms with van der Waals surface area (Å²) in [5, 5.41) is 8.75. The summed E-state index contributed by atoms with van der Waals surface area (Å²) < 4.78 is 3.58. The van der Waals surface area contributed by atoms with Gasteiger partial charge in [-0.3, -0.25) is 9.36 Å². The molecule has 0 radical (unpaired) electrons. The summed E-state index contributed by atoms with van der Waals surface area (Å²) in [6.45, 7) is 5.25. The van der Waals surface area contributed by atoms with E-state index in [9.17, 15) is 0 Å². The molecule has 5 heteroatoms. The molecule has 5 nitrogen and oxygen atoms in total. The monoisotopic (exact) mass is 219 g/mol. The second-order valence-corrected chi connectivity index (χ2v) is 4.39. The van der Waals surface area contributed by atoms with Gasteiger partial charge in [-0.05, 0) is 12.0 Å². The molecule has 0 saturated carbocycles. The molecule has 0 spiro atoms. The third-order valence-corrected chi connectivity index (χ3v) is 2.37. The van der Waals surface area contributed by atoms with Crippen molar-refractivity contribution in [2.24, 2.45) is 13.0 Å². The van der Waals surface area contributed by atoms with Crippen molar-refractivity contribution >= 4 is 5.82 Å². The van der Waals surface area contributed by atoms with Crippen LogP contribution in [0.4, 0.5) is 5.82 Å². The van der Waals surface area contributed by atoms with Crippen LogP contribution >= 0.6 is 0 Å². The van der Waals surface area contributed by atoms with Gasteiger partial charge in [0.1, 0.15) is 17.2 Å². The van der Waals surface area contributed by atoms with Gasteiger partial charge >= 0.3 is 0 Å². The van der Waals surface area contributed by atoms with E-state index in [2.05, 4.69) is 24.0 Å². The Balaban J connectivity index is 2.24. The molecule has 2 heterocycles. The Morgan fingerprint density at radius 3 is 2.62 bits per heavy atom. The smallest absolute Gasteiger partial charge is 0.122 e. The molecule has 0 atom stereocenters. The Morgan fingerprint density at radius 1 is 1.31 bits per heavy atom. The van der Waals surface area contributed by atoms with Crippen LogP contribution in [-0.2, 0) is 13.6 Å². The molecule has 2 aromatic rings. The summed E-state index contributed by atoms with van der Waals surface area (Å²) in [7, 11) is 1.82. The molecule has 0 amide bonds. The molecule has 2 rings (SSSR count). The number of nitrogens with zero attached hydrogens (tertiary/aromatic N) is 4. The summed E-state index contributed by atoms with van der Waals surface area (Å²) in [4.78, 5) is 0. The SMILES string of the molecule is CC(C)Cn1ccc(-c2cc(N)n(C)n2)n1. The first-order chi connectivity index (χ1) is 7.56. The van der Waals surface area contributed by atoms with E-state index in [-0.39, 0.29) is 0 Å². The number of aromatic nitrogens is 4. The lowest BCUT2D eigenvalue weighted by Gasteiger charge is -2.03. The molecule has 0 fully saturated rings. The van der Waals surface area contributed by atoms with E-state index >= 15 is 0 Å². The Bertz CT molecular complexity index is 461. The molecule has 0 aliphatic heterocycles. The summed E-state index contributed by atoms with van der Waals surface area (Å²) >= 11 is 0. The summed E-state index contributed by atoms with van der Waals surface area (Å²) in [6.07, 6.45) is 1.97. The minimum Gasteiger partial charge on any atom is -0.384 e. The molecule has 0 saturated heterocycles. The third kappa shape index (κ3) is 2.08. The number of anilines is 1. The van der Waals surface area contributed by atoms with Crippen LogP contribution in [0.3, 0.4) is 0 Å². The molecular formula is C11H17N5. The van der Waals surface area contributed by atoms with Gasteiger partial charge in [-0.2, -0.15) is 10.2 Å². The molecule has 0 aliphatic carbocycles. The number of hydrogen-bond donors (Lipinski definition) is 1. The predicted octanol–water partition coefficient (Wildman–Crippen LogP) is 1.52. The first kappa shape index (κ1) is 10.7. The summed E-state index contributed by atoms with van der Waals surface area (Å²) in [5.74, 6) is 1.23. The van der Waals surface area contributed by atoms with Crippen LogP contribution in [0.25, 0.3) is 11.4 Å². The maximum Gasteiger partial charge on any atom is 0.122 e. The number of aryl methyl sites for hydroxylation is 1. The number of hydrogen-bond acceptors (Lipinski definition) is 3. The maximum absolute atomic E-state index is 5.73. The highest BCUT2D eigenvalue weighted by Crippen LogP contribution is 2.17. The van der Waals surface area contributed by atoms with Crippen molar-refractivity contribution in [1.29, 1.82) is 0 Å². The minimum absolute atomic E-state index is 0.585. The van der Waals surface area contributed by atoms with Crippen LogP contribution in [0.5, 0.6) is 0 Å². The largest absolute Gasteiger partial charge is 0.384 e. The number of rotatable bonds is 3. The van der Waals surface area contributed by atoms with E-state index in [4.69, 9.17) is 5.73 Å². The first-order valence-electron chi connectivity index (χ1n) is 5.39. The van der Waals surface area contributed by atoms with Crippen LogP contribution in [0, 0.1) is 5.92 Å². The van der Waals surface area contributed by atoms with Crippen molar-refractivity contribution in [3.63, 3.8) is 0 Å². The Labute approximate surface area is 94.9 Å². The highest BCUT2D eigenvalue weighted by atomic mass is 15.3. The van der Waals surface area contributed by atoms with Gasteiger partial charge in [-0.15, -0.1) is 0 Å². The van der Waals surface area contributed by atoms with Crippen LogP contribution in [-0.4, -0.2) is 19.6 Å². The van der Waals surface area contributed by atoms with Crippen molar-refractivity contribution in [3.8, 4) is 11.4 Å². The van der Waals surface area contributed by atoms with Gasteiger partial charge in [0, 0.05) is 25.9 Å². The average Bonchev–Trinajstić information content (AvgIpc) is 2.74. The quantitative estimate of drug-likeness (QED) is 0.851. The fraction of sp³-hybridized carbons (Fsp3) is 0.455. The lowest BCUT2D eigenvalue weighted by Crippen LogP contribution is -2.04. The molecule has 0 unspecified atom stereocenters. The highest BCUT2D eigenvalue weighted by Gasteiger charge is 2.08. The van der Waals surface area contributed by atoms with Gasteiger partial charge in [0.05, 0.1) is 0 Å². The fourth-order valence-corrected chi connectivity index (χ4v) is 1.58. The predicted molar refractivity (Wildman–Crippen MR) is 63.7 cm³/mol. The maximum atomic E-state index is 5.73. The van der Waals surface area contributed by atoms with Crippen LogP contribution in [0.15, 0.2) is 18.3 Å². The molecule has 0 aromatic carbocycles. The van der Waals surface area contributed by atoms with Crippen LogP contribution < -0.4 is 5.73 Å². The standard InChI is InChI=1S/C11H17N5/c1-8(2)7-16-5-4-9(14-16)10-6-11(12)15(3)13-10/h4-6,8H,7,12H2,1-3H3. The van der Waals surface area contributed by atoms with E-state index in [1.807, 2.05) is 30.1 Å². The second kappa shape index (κ2) is 4.00. The Hall–Kier alpha value is -1.78. The van der Waals surface area contributed by atoms with Gasteiger partial charge in [0.2, 0.25) is 0 Å². The first-order valence-corrected chi connectivity index (χ1v) is 5.39. The van der Waals surface area contributed by atoms with Crippen LogP contribution in [0.2, 0.25) is 0 Å². The minimum atomic E-state index is 0.585. The van der Waals surface area contributed by atoms with Crippen molar-refractivity contribution in [1.82, 2.24) is 19.6 Å². The number of nitrogens with two attached hydrogens (primary N) is 1. The molecule has 2 aromatic heterocycles. The summed E-state index contributed by atoms with van der Waals surface area (Å²) in [5.41, 5.74) is 7.42. The number of nitrogen functional groups attached to an aromatic ring is 1.